The maximum atomic E-state index is 5.95. The lowest BCUT2D eigenvalue weighted by molar-refractivity contribution is 0.659. The second-order valence-electron chi connectivity index (χ2n) is 4.93. The summed E-state index contributed by atoms with van der Waals surface area (Å²) in [5.74, 6) is 2.09. The number of fused-ring (bicyclic) bond motifs is 1. The van der Waals surface area contributed by atoms with Crippen molar-refractivity contribution in [2.75, 3.05) is 0 Å². The minimum Gasteiger partial charge on any atom is -0.310 e. The molecule has 0 atom stereocenters. The van der Waals surface area contributed by atoms with Gasteiger partial charge in [0.05, 0.1) is 5.88 Å². The molecular weight excluding hydrogens is 350 g/mol. The van der Waals surface area contributed by atoms with Crippen LogP contribution in [0.2, 0.25) is 0 Å². The van der Waals surface area contributed by atoms with Gasteiger partial charge >= 0.3 is 0 Å². The van der Waals surface area contributed by atoms with Crippen LogP contribution in [0, 0.1) is 0 Å². The fourth-order valence-corrected chi connectivity index (χ4v) is 3.04. The number of benzene rings is 2. The van der Waals surface area contributed by atoms with E-state index >= 15 is 0 Å². The smallest absolute Gasteiger partial charge is 0.164 e. The van der Waals surface area contributed by atoms with Gasteiger partial charge in [0, 0.05) is 16.6 Å². The Kier molecular flexibility index (Phi) is 4.27. The number of hydrogen-bond acceptors (Lipinski definition) is 2. The molecule has 0 amide bonds. The Morgan fingerprint density at radius 3 is 2.62 bits per heavy atom. The van der Waals surface area contributed by atoms with Crippen LogP contribution in [0.1, 0.15) is 19.2 Å². The quantitative estimate of drug-likeness (QED) is 0.609. The van der Waals surface area contributed by atoms with Gasteiger partial charge in [-0.2, -0.15) is 0 Å². The van der Waals surface area contributed by atoms with E-state index in [9.17, 15) is 0 Å². The molecule has 0 fully saturated rings. The minimum atomic E-state index is 0.382. The highest BCUT2D eigenvalue weighted by Crippen LogP contribution is 2.26. The minimum absolute atomic E-state index is 0.382. The Hall–Kier alpha value is -1.39. The van der Waals surface area contributed by atoms with Crippen molar-refractivity contribution in [3.05, 3.63) is 46.7 Å². The van der Waals surface area contributed by atoms with Crippen molar-refractivity contribution < 1.29 is 0 Å². The molecule has 0 unspecified atom stereocenters. The van der Waals surface area contributed by atoms with E-state index in [1.54, 1.807) is 0 Å². The molecule has 1 heterocycles. The SMILES string of the molecule is CCCn1c(CCl)nnc1-c1ccc2cc(Br)ccc2c1. The lowest BCUT2D eigenvalue weighted by Gasteiger charge is -2.08. The number of nitrogens with zero attached hydrogens (tertiary/aromatic N) is 3. The van der Waals surface area contributed by atoms with E-state index in [0.717, 1.165) is 34.7 Å². The first kappa shape index (κ1) is 14.5. The summed E-state index contributed by atoms with van der Waals surface area (Å²) in [6.45, 7) is 3.02. The zero-order valence-corrected chi connectivity index (χ0v) is 14.0. The van der Waals surface area contributed by atoms with E-state index in [1.807, 2.05) is 6.07 Å². The van der Waals surface area contributed by atoms with Gasteiger partial charge in [-0.3, -0.25) is 0 Å². The first-order valence-electron chi connectivity index (χ1n) is 6.90. The molecule has 0 aliphatic rings. The van der Waals surface area contributed by atoms with E-state index in [-0.39, 0.29) is 0 Å². The van der Waals surface area contributed by atoms with E-state index in [0.29, 0.717) is 5.88 Å². The van der Waals surface area contributed by atoms with Crippen LogP contribution in [-0.4, -0.2) is 14.8 Å². The van der Waals surface area contributed by atoms with E-state index < -0.39 is 0 Å². The van der Waals surface area contributed by atoms with Crippen molar-refractivity contribution in [3.63, 3.8) is 0 Å². The Labute approximate surface area is 137 Å². The maximum Gasteiger partial charge on any atom is 0.164 e. The van der Waals surface area contributed by atoms with Gasteiger partial charge < -0.3 is 4.57 Å². The number of hydrogen-bond donors (Lipinski definition) is 0. The molecule has 0 spiro atoms. The van der Waals surface area contributed by atoms with Gasteiger partial charge in [0.15, 0.2) is 5.82 Å². The third kappa shape index (κ3) is 2.83. The standard InChI is InChI=1S/C16H15BrClN3/c1-2-7-21-15(10-18)19-20-16(21)13-4-3-12-9-14(17)6-5-11(12)8-13/h3-6,8-9H,2,7,10H2,1H3. The number of rotatable bonds is 4. The van der Waals surface area contributed by atoms with Gasteiger partial charge in [0.2, 0.25) is 0 Å². The topological polar surface area (TPSA) is 30.7 Å². The normalized spacial score (nSPS) is 11.2. The molecule has 5 heteroatoms. The summed E-state index contributed by atoms with van der Waals surface area (Å²) in [7, 11) is 0. The van der Waals surface area contributed by atoms with Crippen LogP contribution in [0.15, 0.2) is 40.9 Å². The summed E-state index contributed by atoms with van der Waals surface area (Å²) in [5.41, 5.74) is 1.07. The zero-order valence-electron chi connectivity index (χ0n) is 11.7. The van der Waals surface area contributed by atoms with Crippen LogP contribution < -0.4 is 0 Å². The maximum absolute atomic E-state index is 5.95. The molecule has 0 aliphatic carbocycles. The van der Waals surface area contributed by atoms with Crippen LogP contribution in [0.4, 0.5) is 0 Å². The molecule has 0 bridgehead atoms. The van der Waals surface area contributed by atoms with Crippen LogP contribution in [0.3, 0.4) is 0 Å². The molecule has 0 aliphatic heterocycles. The Morgan fingerprint density at radius 2 is 1.86 bits per heavy atom. The highest BCUT2D eigenvalue weighted by Gasteiger charge is 2.12. The lowest BCUT2D eigenvalue weighted by atomic mass is 10.1. The molecule has 0 radical (unpaired) electrons. The zero-order chi connectivity index (χ0) is 14.8. The summed E-state index contributed by atoms with van der Waals surface area (Å²) in [5, 5.41) is 10.9. The third-order valence-electron chi connectivity index (χ3n) is 3.45. The molecule has 0 saturated heterocycles. The molecule has 1 aromatic heterocycles. The van der Waals surface area contributed by atoms with E-state index in [2.05, 4.69) is 67.9 Å². The average Bonchev–Trinajstić information content (AvgIpc) is 2.90. The molecule has 2 aromatic carbocycles. The Bertz CT molecular complexity index is 782. The van der Waals surface area contributed by atoms with Gasteiger partial charge in [0.25, 0.3) is 0 Å². The number of halogens is 2. The summed E-state index contributed by atoms with van der Waals surface area (Å²) in [4.78, 5) is 0. The molecule has 0 N–H and O–H groups in total. The van der Waals surface area contributed by atoms with Crippen LogP contribution in [0.5, 0.6) is 0 Å². The highest BCUT2D eigenvalue weighted by atomic mass is 79.9. The van der Waals surface area contributed by atoms with Crippen LogP contribution >= 0.6 is 27.5 Å². The molecule has 21 heavy (non-hydrogen) atoms. The number of aromatic nitrogens is 3. The largest absolute Gasteiger partial charge is 0.310 e. The van der Waals surface area contributed by atoms with Crippen LogP contribution in [-0.2, 0) is 12.4 Å². The molecule has 3 nitrogen and oxygen atoms in total. The molecular formula is C16H15BrClN3. The predicted octanol–water partition coefficient (Wildman–Crippen LogP) is 5.01. The Morgan fingerprint density at radius 1 is 1.10 bits per heavy atom. The lowest BCUT2D eigenvalue weighted by Crippen LogP contribution is -2.03. The summed E-state index contributed by atoms with van der Waals surface area (Å²) < 4.78 is 3.19. The van der Waals surface area contributed by atoms with E-state index in [1.165, 1.54) is 10.8 Å². The summed E-state index contributed by atoms with van der Waals surface area (Å²) in [6.07, 6.45) is 1.02. The predicted molar refractivity (Wildman–Crippen MR) is 90.5 cm³/mol. The number of alkyl halides is 1. The average molecular weight is 365 g/mol. The molecule has 3 rings (SSSR count). The van der Waals surface area contributed by atoms with Gasteiger partial charge in [0.1, 0.15) is 5.82 Å². The van der Waals surface area contributed by atoms with Gasteiger partial charge in [-0.15, -0.1) is 21.8 Å². The second-order valence-corrected chi connectivity index (χ2v) is 6.11. The van der Waals surface area contributed by atoms with Crippen molar-refractivity contribution in [2.24, 2.45) is 0 Å². The molecule has 0 saturated carbocycles. The third-order valence-corrected chi connectivity index (χ3v) is 4.19. The monoisotopic (exact) mass is 363 g/mol. The van der Waals surface area contributed by atoms with Crippen molar-refractivity contribution in [1.29, 1.82) is 0 Å². The van der Waals surface area contributed by atoms with Crippen molar-refractivity contribution in [2.45, 2.75) is 25.8 Å². The molecule has 3 aromatic rings. The summed E-state index contributed by atoms with van der Waals surface area (Å²) in [6, 6.07) is 12.6. The van der Waals surface area contributed by atoms with Gasteiger partial charge in [-0.1, -0.05) is 41.1 Å². The Balaban J connectivity index is 2.11. The van der Waals surface area contributed by atoms with Gasteiger partial charge in [-0.05, 0) is 35.4 Å². The van der Waals surface area contributed by atoms with Crippen molar-refractivity contribution in [1.82, 2.24) is 14.8 Å². The van der Waals surface area contributed by atoms with Crippen molar-refractivity contribution in [3.8, 4) is 11.4 Å². The fraction of sp³-hybridized carbons (Fsp3) is 0.250. The first-order chi connectivity index (χ1) is 10.2. The van der Waals surface area contributed by atoms with E-state index in [4.69, 9.17) is 11.6 Å². The second kappa shape index (κ2) is 6.16. The van der Waals surface area contributed by atoms with Crippen molar-refractivity contribution >= 4 is 38.3 Å². The fourth-order valence-electron chi connectivity index (χ4n) is 2.46. The summed E-state index contributed by atoms with van der Waals surface area (Å²) >= 11 is 9.45. The molecule has 108 valence electrons. The first-order valence-corrected chi connectivity index (χ1v) is 8.23. The van der Waals surface area contributed by atoms with Gasteiger partial charge in [-0.25, -0.2) is 0 Å². The highest BCUT2D eigenvalue weighted by molar-refractivity contribution is 9.10. The van der Waals surface area contributed by atoms with Crippen LogP contribution in [0.25, 0.3) is 22.2 Å².